The molecule has 0 spiro atoms. The highest BCUT2D eigenvalue weighted by atomic mass is 16.5. The van der Waals surface area contributed by atoms with Gasteiger partial charge in [0.2, 0.25) is 5.75 Å². The molecule has 4 aromatic rings. The minimum atomic E-state index is -0.802. The molecule has 34 heavy (non-hydrogen) atoms. The SMILES string of the molecule is C[C@H](c1nc(C(=O)Nc2cnoc2)c(O)c(=O)n1C)[C@H](c1cnn(C)c1)c1cccnc1C#N. The standard InChI is InChI=1S/C22H20N8O4/c1-12(17(13-8-25-29(2)10-13)15-5-4-6-24-16(15)7-23)20-28-18(19(31)22(33)30(20)3)21(32)27-14-9-26-34-11-14/h4-6,8-12,17,31H,1-3H3,(H,27,32)/t12-,17+/m0/s1. The zero-order chi connectivity index (χ0) is 24.4. The highest BCUT2D eigenvalue weighted by molar-refractivity contribution is 6.04. The first-order valence-electron chi connectivity index (χ1n) is 10.2. The van der Waals surface area contributed by atoms with Gasteiger partial charge in [-0.1, -0.05) is 18.1 Å². The summed E-state index contributed by atoms with van der Waals surface area (Å²) in [6.07, 6.45) is 7.45. The van der Waals surface area contributed by atoms with Crippen molar-refractivity contribution in [2.24, 2.45) is 14.1 Å². The van der Waals surface area contributed by atoms with Crippen molar-refractivity contribution in [3.05, 3.63) is 81.9 Å². The number of pyridine rings is 1. The van der Waals surface area contributed by atoms with Gasteiger partial charge in [0.15, 0.2) is 5.69 Å². The van der Waals surface area contributed by atoms with Gasteiger partial charge >= 0.3 is 0 Å². The molecule has 172 valence electrons. The number of aromatic hydroxyl groups is 1. The van der Waals surface area contributed by atoms with E-state index >= 15 is 0 Å². The summed E-state index contributed by atoms with van der Waals surface area (Å²) in [6, 6.07) is 5.59. The molecule has 0 radical (unpaired) electrons. The summed E-state index contributed by atoms with van der Waals surface area (Å²) >= 11 is 0. The minimum Gasteiger partial charge on any atom is -0.501 e. The maximum Gasteiger partial charge on any atom is 0.296 e. The van der Waals surface area contributed by atoms with Gasteiger partial charge in [0.05, 0.1) is 12.4 Å². The number of hydrogen-bond acceptors (Lipinski definition) is 9. The summed E-state index contributed by atoms with van der Waals surface area (Å²) < 4.78 is 7.49. The van der Waals surface area contributed by atoms with Crippen LogP contribution in [0.15, 0.2) is 52.5 Å². The van der Waals surface area contributed by atoms with Crippen molar-refractivity contribution in [2.45, 2.75) is 18.8 Å². The Balaban J connectivity index is 1.85. The van der Waals surface area contributed by atoms with Crippen LogP contribution in [-0.2, 0) is 14.1 Å². The van der Waals surface area contributed by atoms with Crippen molar-refractivity contribution < 1.29 is 14.4 Å². The third kappa shape index (κ3) is 4.02. The van der Waals surface area contributed by atoms with Gasteiger partial charge < -0.3 is 14.9 Å². The molecule has 4 rings (SSSR count). The van der Waals surface area contributed by atoms with Crippen LogP contribution in [0.3, 0.4) is 0 Å². The highest BCUT2D eigenvalue weighted by Crippen LogP contribution is 2.38. The van der Waals surface area contributed by atoms with E-state index in [9.17, 15) is 20.0 Å². The average Bonchev–Trinajstić information content (AvgIpc) is 3.50. The van der Waals surface area contributed by atoms with Gasteiger partial charge in [-0.2, -0.15) is 10.4 Å². The summed E-state index contributed by atoms with van der Waals surface area (Å²) in [5, 5.41) is 30.2. The predicted molar refractivity (Wildman–Crippen MR) is 118 cm³/mol. The number of amides is 1. The first-order chi connectivity index (χ1) is 16.3. The van der Waals surface area contributed by atoms with Crippen LogP contribution in [0.2, 0.25) is 0 Å². The van der Waals surface area contributed by atoms with Crippen molar-refractivity contribution in [1.82, 2.24) is 29.5 Å². The van der Waals surface area contributed by atoms with E-state index in [2.05, 4.69) is 36.1 Å². The second kappa shape index (κ2) is 8.99. The Labute approximate surface area is 193 Å². The van der Waals surface area contributed by atoms with Crippen molar-refractivity contribution in [3.63, 3.8) is 0 Å². The number of carbonyl (C=O) groups excluding carboxylic acids is 1. The number of anilines is 1. The maximum absolute atomic E-state index is 12.8. The Morgan fingerprint density at radius 1 is 1.32 bits per heavy atom. The number of nitrogens with zero attached hydrogens (tertiary/aromatic N) is 7. The highest BCUT2D eigenvalue weighted by Gasteiger charge is 2.31. The van der Waals surface area contributed by atoms with Crippen molar-refractivity contribution in [3.8, 4) is 11.8 Å². The van der Waals surface area contributed by atoms with E-state index in [0.717, 1.165) is 5.56 Å². The third-order valence-corrected chi connectivity index (χ3v) is 5.48. The molecule has 12 nitrogen and oxygen atoms in total. The Bertz CT molecular complexity index is 1450. The van der Waals surface area contributed by atoms with Crippen molar-refractivity contribution >= 4 is 11.6 Å². The van der Waals surface area contributed by atoms with Crippen LogP contribution in [0.5, 0.6) is 5.75 Å². The molecule has 0 bridgehead atoms. The Morgan fingerprint density at radius 2 is 2.12 bits per heavy atom. The molecule has 0 aliphatic rings. The lowest BCUT2D eigenvalue weighted by Gasteiger charge is -2.25. The summed E-state index contributed by atoms with van der Waals surface area (Å²) in [5.74, 6) is -2.37. The molecule has 0 fully saturated rings. The van der Waals surface area contributed by atoms with E-state index in [1.165, 1.54) is 30.3 Å². The van der Waals surface area contributed by atoms with Crippen LogP contribution in [0.25, 0.3) is 0 Å². The number of aryl methyl sites for hydroxylation is 1. The quantitative estimate of drug-likeness (QED) is 0.435. The van der Waals surface area contributed by atoms with Crippen molar-refractivity contribution in [1.29, 1.82) is 5.26 Å². The molecular formula is C22H20N8O4. The number of carbonyl (C=O) groups is 1. The molecule has 12 heteroatoms. The number of rotatable bonds is 6. The molecule has 0 saturated carbocycles. The van der Waals surface area contributed by atoms with Crippen LogP contribution >= 0.6 is 0 Å². The smallest absolute Gasteiger partial charge is 0.296 e. The summed E-state index contributed by atoms with van der Waals surface area (Å²) in [5.41, 5.74) is 0.605. The number of hydrogen-bond donors (Lipinski definition) is 2. The second-order valence-corrected chi connectivity index (χ2v) is 7.67. The first-order valence-corrected chi connectivity index (χ1v) is 10.2. The topological polar surface area (TPSA) is 165 Å². The molecule has 4 heterocycles. The van der Waals surface area contributed by atoms with Gasteiger partial charge in [0, 0.05) is 38.3 Å². The van der Waals surface area contributed by atoms with E-state index in [4.69, 9.17) is 0 Å². The van der Waals surface area contributed by atoms with E-state index in [1.807, 2.05) is 6.92 Å². The zero-order valence-corrected chi connectivity index (χ0v) is 18.5. The normalized spacial score (nSPS) is 12.6. The summed E-state index contributed by atoms with van der Waals surface area (Å²) in [7, 11) is 3.22. The molecule has 1 amide bonds. The Hall–Kier alpha value is -4.79. The fraction of sp³-hybridized carbons (Fsp3) is 0.227. The molecule has 0 aliphatic carbocycles. The van der Waals surface area contributed by atoms with Gasteiger partial charge in [-0.25, -0.2) is 9.97 Å². The lowest BCUT2D eigenvalue weighted by atomic mass is 9.81. The predicted octanol–water partition coefficient (Wildman–Crippen LogP) is 1.66. The largest absolute Gasteiger partial charge is 0.501 e. The molecule has 0 saturated heterocycles. The third-order valence-electron chi connectivity index (χ3n) is 5.48. The summed E-state index contributed by atoms with van der Waals surface area (Å²) in [6.45, 7) is 1.81. The first kappa shape index (κ1) is 22.4. The number of nitriles is 1. The van der Waals surface area contributed by atoms with E-state index < -0.39 is 34.7 Å². The van der Waals surface area contributed by atoms with Gasteiger partial charge in [-0.3, -0.25) is 18.8 Å². The monoisotopic (exact) mass is 460 g/mol. The molecule has 2 N–H and O–H groups in total. The van der Waals surface area contributed by atoms with Crippen LogP contribution in [0.1, 0.15) is 51.9 Å². The summed E-state index contributed by atoms with van der Waals surface area (Å²) in [4.78, 5) is 34.1. The number of aromatic nitrogens is 6. The average molecular weight is 460 g/mol. The van der Waals surface area contributed by atoms with Crippen molar-refractivity contribution in [2.75, 3.05) is 5.32 Å². The Kier molecular flexibility index (Phi) is 5.92. The van der Waals surface area contributed by atoms with Crippen LogP contribution < -0.4 is 10.9 Å². The Morgan fingerprint density at radius 3 is 2.76 bits per heavy atom. The molecule has 2 atom stereocenters. The van der Waals surface area contributed by atoms with Gasteiger partial charge in [0.25, 0.3) is 11.5 Å². The lowest BCUT2D eigenvalue weighted by Crippen LogP contribution is -2.29. The maximum atomic E-state index is 12.8. The molecule has 0 unspecified atom stereocenters. The van der Waals surface area contributed by atoms with E-state index in [-0.39, 0.29) is 17.2 Å². The van der Waals surface area contributed by atoms with Crippen LogP contribution in [0.4, 0.5) is 5.69 Å². The fourth-order valence-electron chi connectivity index (χ4n) is 3.88. The van der Waals surface area contributed by atoms with Crippen LogP contribution in [0, 0.1) is 11.3 Å². The van der Waals surface area contributed by atoms with E-state index in [1.54, 1.807) is 36.3 Å². The molecule has 4 aromatic heterocycles. The minimum absolute atomic E-state index is 0.220. The van der Waals surface area contributed by atoms with Crippen LogP contribution in [-0.4, -0.2) is 40.5 Å². The van der Waals surface area contributed by atoms with Gasteiger partial charge in [-0.15, -0.1) is 0 Å². The van der Waals surface area contributed by atoms with Gasteiger partial charge in [0.1, 0.15) is 29.5 Å². The fourth-order valence-corrected chi connectivity index (χ4v) is 3.88. The number of nitrogens with one attached hydrogen (secondary N) is 1. The second-order valence-electron chi connectivity index (χ2n) is 7.67. The molecule has 0 aliphatic heterocycles. The zero-order valence-electron chi connectivity index (χ0n) is 18.5. The molecular weight excluding hydrogens is 440 g/mol. The van der Waals surface area contributed by atoms with Gasteiger partial charge in [-0.05, 0) is 17.2 Å². The molecule has 0 aromatic carbocycles. The van der Waals surface area contributed by atoms with E-state index in [0.29, 0.717) is 5.56 Å². The lowest BCUT2D eigenvalue weighted by molar-refractivity contribution is 0.101.